The molecule has 0 saturated carbocycles. The number of amides is 1. The second-order valence-corrected chi connectivity index (χ2v) is 5.22. The van der Waals surface area contributed by atoms with Crippen molar-refractivity contribution in [3.05, 3.63) is 0 Å². The lowest BCUT2D eigenvalue weighted by Gasteiger charge is -2.23. The van der Waals surface area contributed by atoms with E-state index in [0.717, 1.165) is 25.3 Å². The number of hydrogen-bond acceptors (Lipinski definition) is 3. The summed E-state index contributed by atoms with van der Waals surface area (Å²) in [6.45, 7) is 3.96. The fourth-order valence-electron chi connectivity index (χ4n) is 1.82. The predicted molar refractivity (Wildman–Crippen MR) is 66.2 cm³/mol. The Hall–Kier alpha value is -0.220. The van der Waals surface area contributed by atoms with Crippen LogP contribution in [0.25, 0.3) is 0 Å². The van der Waals surface area contributed by atoms with E-state index in [0.29, 0.717) is 5.92 Å². The summed E-state index contributed by atoms with van der Waals surface area (Å²) in [5.74, 6) is 1.86. The van der Waals surface area contributed by atoms with Gasteiger partial charge in [-0.1, -0.05) is 13.3 Å². The van der Waals surface area contributed by atoms with E-state index in [4.69, 9.17) is 0 Å². The Morgan fingerprint density at radius 2 is 2.40 bits per heavy atom. The van der Waals surface area contributed by atoms with Gasteiger partial charge >= 0.3 is 0 Å². The molecule has 88 valence electrons. The van der Waals surface area contributed by atoms with Crippen LogP contribution in [0.3, 0.4) is 0 Å². The molecule has 0 aromatic carbocycles. The molecule has 0 aromatic heterocycles. The van der Waals surface area contributed by atoms with E-state index in [1.54, 1.807) is 0 Å². The van der Waals surface area contributed by atoms with Gasteiger partial charge in [-0.15, -0.1) is 0 Å². The van der Waals surface area contributed by atoms with Crippen LogP contribution in [0, 0.1) is 5.92 Å². The minimum absolute atomic E-state index is 0.0558. The maximum absolute atomic E-state index is 11.7. The molecule has 15 heavy (non-hydrogen) atoms. The molecular formula is C11H22N2OS. The summed E-state index contributed by atoms with van der Waals surface area (Å²) in [5, 5.41) is 6.28. The topological polar surface area (TPSA) is 41.1 Å². The molecule has 0 spiro atoms. The molecule has 0 aliphatic carbocycles. The summed E-state index contributed by atoms with van der Waals surface area (Å²) in [7, 11) is 0. The average molecular weight is 230 g/mol. The van der Waals surface area contributed by atoms with Crippen LogP contribution in [0.4, 0.5) is 0 Å². The van der Waals surface area contributed by atoms with Gasteiger partial charge in [0.15, 0.2) is 0 Å². The third-order valence-electron chi connectivity index (χ3n) is 2.70. The van der Waals surface area contributed by atoms with Crippen molar-refractivity contribution in [1.29, 1.82) is 0 Å². The van der Waals surface area contributed by atoms with Crippen molar-refractivity contribution in [2.45, 2.75) is 32.2 Å². The van der Waals surface area contributed by atoms with Crippen LogP contribution in [0.2, 0.25) is 0 Å². The number of hydrogen-bond donors (Lipinski definition) is 2. The van der Waals surface area contributed by atoms with E-state index < -0.39 is 0 Å². The van der Waals surface area contributed by atoms with E-state index in [9.17, 15) is 4.79 Å². The third-order valence-corrected chi connectivity index (χ3v) is 3.61. The second-order valence-electron chi connectivity index (χ2n) is 4.31. The van der Waals surface area contributed by atoms with Crippen molar-refractivity contribution in [3.63, 3.8) is 0 Å². The largest absolute Gasteiger partial charge is 0.354 e. The van der Waals surface area contributed by atoms with Crippen molar-refractivity contribution in [2.24, 2.45) is 5.92 Å². The minimum Gasteiger partial charge on any atom is -0.354 e. The smallest absolute Gasteiger partial charge is 0.237 e. The summed E-state index contributed by atoms with van der Waals surface area (Å²) in [6, 6.07) is 0.0558. The fourth-order valence-corrected chi connectivity index (χ4v) is 2.50. The molecule has 1 unspecified atom stereocenters. The SMILES string of the molecule is CSCC(C)CNC(=O)[C@@H]1CCCCN1. The molecule has 1 rings (SSSR count). The number of carbonyl (C=O) groups excluding carboxylic acids is 1. The Kier molecular flexibility index (Phi) is 6.10. The van der Waals surface area contributed by atoms with Gasteiger partial charge in [-0.05, 0) is 37.3 Å². The Morgan fingerprint density at radius 1 is 1.60 bits per heavy atom. The van der Waals surface area contributed by atoms with E-state index in [1.165, 1.54) is 12.8 Å². The summed E-state index contributed by atoms with van der Waals surface area (Å²) in [6.07, 6.45) is 5.46. The van der Waals surface area contributed by atoms with Gasteiger partial charge in [0.05, 0.1) is 6.04 Å². The van der Waals surface area contributed by atoms with Crippen LogP contribution in [0.15, 0.2) is 0 Å². The third kappa shape index (κ3) is 4.89. The summed E-state index contributed by atoms with van der Waals surface area (Å²) in [4.78, 5) is 11.7. The lowest BCUT2D eigenvalue weighted by Crippen LogP contribution is -2.47. The van der Waals surface area contributed by atoms with Gasteiger partial charge < -0.3 is 10.6 Å². The first-order valence-electron chi connectivity index (χ1n) is 5.74. The molecule has 1 heterocycles. The van der Waals surface area contributed by atoms with Gasteiger partial charge in [-0.25, -0.2) is 0 Å². The van der Waals surface area contributed by atoms with Gasteiger partial charge in [0.25, 0.3) is 0 Å². The Balaban J connectivity index is 2.16. The van der Waals surface area contributed by atoms with Crippen LogP contribution < -0.4 is 10.6 Å². The lowest BCUT2D eigenvalue weighted by atomic mass is 10.0. The van der Waals surface area contributed by atoms with Crippen LogP contribution in [-0.2, 0) is 4.79 Å². The van der Waals surface area contributed by atoms with Gasteiger partial charge in [-0.3, -0.25) is 4.79 Å². The Bertz CT molecular complexity index is 193. The van der Waals surface area contributed by atoms with E-state index in [1.807, 2.05) is 11.8 Å². The Labute approximate surface area is 96.8 Å². The maximum atomic E-state index is 11.7. The van der Waals surface area contributed by atoms with Crippen LogP contribution in [0.5, 0.6) is 0 Å². The molecular weight excluding hydrogens is 208 g/mol. The number of piperidine rings is 1. The molecule has 3 nitrogen and oxygen atoms in total. The minimum atomic E-state index is 0.0558. The second kappa shape index (κ2) is 7.12. The van der Waals surface area contributed by atoms with Gasteiger partial charge in [0, 0.05) is 6.54 Å². The van der Waals surface area contributed by atoms with Gasteiger partial charge in [0.2, 0.25) is 5.91 Å². The molecule has 1 aliphatic heterocycles. The van der Waals surface area contributed by atoms with Crippen LogP contribution in [-0.4, -0.2) is 37.0 Å². The van der Waals surface area contributed by atoms with Crippen molar-refractivity contribution in [2.75, 3.05) is 25.1 Å². The van der Waals surface area contributed by atoms with Crippen molar-refractivity contribution in [3.8, 4) is 0 Å². The highest BCUT2D eigenvalue weighted by molar-refractivity contribution is 7.98. The van der Waals surface area contributed by atoms with E-state index in [-0.39, 0.29) is 11.9 Å². The normalized spacial score (nSPS) is 23.5. The number of thioether (sulfide) groups is 1. The fraction of sp³-hybridized carbons (Fsp3) is 0.909. The summed E-state index contributed by atoms with van der Waals surface area (Å²) in [5.41, 5.74) is 0. The molecule has 1 saturated heterocycles. The molecule has 1 amide bonds. The quantitative estimate of drug-likeness (QED) is 0.747. The van der Waals surface area contributed by atoms with Crippen molar-refractivity contribution >= 4 is 17.7 Å². The molecule has 2 atom stereocenters. The number of rotatable bonds is 5. The highest BCUT2D eigenvalue weighted by Crippen LogP contribution is 2.07. The van der Waals surface area contributed by atoms with Crippen LogP contribution in [0.1, 0.15) is 26.2 Å². The van der Waals surface area contributed by atoms with Crippen molar-refractivity contribution < 1.29 is 4.79 Å². The zero-order valence-corrected chi connectivity index (χ0v) is 10.5. The highest BCUT2D eigenvalue weighted by Gasteiger charge is 2.20. The first-order chi connectivity index (χ1) is 7.24. The maximum Gasteiger partial charge on any atom is 0.237 e. The van der Waals surface area contributed by atoms with Gasteiger partial charge in [0.1, 0.15) is 0 Å². The zero-order chi connectivity index (χ0) is 11.1. The monoisotopic (exact) mass is 230 g/mol. The standard InChI is InChI=1S/C11H22N2OS/c1-9(8-15-2)7-13-11(14)10-5-3-4-6-12-10/h9-10,12H,3-8H2,1-2H3,(H,13,14)/t9?,10-/m0/s1. The molecule has 1 aliphatic rings. The Morgan fingerprint density at radius 3 is 3.00 bits per heavy atom. The molecule has 1 fully saturated rings. The highest BCUT2D eigenvalue weighted by atomic mass is 32.2. The molecule has 4 heteroatoms. The van der Waals surface area contributed by atoms with Crippen molar-refractivity contribution in [1.82, 2.24) is 10.6 Å². The zero-order valence-electron chi connectivity index (χ0n) is 9.71. The molecule has 0 bridgehead atoms. The first kappa shape index (κ1) is 12.8. The lowest BCUT2D eigenvalue weighted by molar-refractivity contribution is -0.123. The molecule has 0 aromatic rings. The predicted octanol–water partition coefficient (Wildman–Crippen LogP) is 1.24. The van der Waals surface area contributed by atoms with E-state index >= 15 is 0 Å². The molecule has 2 N–H and O–H groups in total. The van der Waals surface area contributed by atoms with Gasteiger partial charge in [-0.2, -0.15) is 11.8 Å². The molecule has 0 radical (unpaired) electrons. The summed E-state index contributed by atoms with van der Waals surface area (Å²) >= 11 is 1.83. The average Bonchev–Trinajstić information content (AvgIpc) is 2.27. The number of nitrogens with one attached hydrogen (secondary N) is 2. The first-order valence-corrected chi connectivity index (χ1v) is 7.13. The van der Waals surface area contributed by atoms with Crippen LogP contribution >= 0.6 is 11.8 Å². The van der Waals surface area contributed by atoms with E-state index in [2.05, 4.69) is 23.8 Å². The summed E-state index contributed by atoms with van der Waals surface area (Å²) < 4.78 is 0. The number of carbonyl (C=O) groups is 1.